The summed E-state index contributed by atoms with van der Waals surface area (Å²) in [5, 5.41) is 16.6. The molecule has 0 atom stereocenters. The maximum Gasteiger partial charge on any atom is 0.355 e. The standard InChI is InChI=1S/C14H10ClN7O3S/c15-9-4-2-1-3-8(9)13(23)21-20-12-10(22(24)25)11(17-7-18-12)19-14-16-5-6-26-14/h1-7H,(H,21,23)(H2,16,17,18,19,20). The van der Waals surface area contributed by atoms with Crippen LogP contribution in [0.5, 0.6) is 0 Å². The summed E-state index contributed by atoms with van der Waals surface area (Å²) in [5.41, 5.74) is 4.53. The van der Waals surface area contributed by atoms with Gasteiger partial charge in [-0.3, -0.25) is 25.8 Å². The van der Waals surface area contributed by atoms with Gasteiger partial charge in [0.15, 0.2) is 5.13 Å². The molecular weight excluding hydrogens is 382 g/mol. The molecule has 26 heavy (non-hydrogen) atoms. The van der Waals surface area contributed by atoms with Gasteiger partial charge in [-0.25, -0.2) is 15.0 Å². The third-order valence-electron chi connectivity index (χ3n) is 3.08. The zero-order chi connectivity index (χ0) is 18.5. The van der Waals surface area contributed by atoms with Crippen molar-refractivity contribution in [1.29, 1.82) is 0 Å². The highest BCUT2D eigenvalue weighted by atomic mass is 35.5. The van der Waals surface area contributed by atoms with Crippen molar-refractivity contribution < 1.29 is 9.72 Å². The first kappa shape index (κ1) is 17.5. The summed E-state index contributed by atoms with van der Waals surface area (Å²) < 4.78 is 0. The number of carbonyl (C=O) groups excluding carboxylic acids is 1. The number of hydrogen-bond donors (Lipinski definition) is 3. The smallest absolute Gasteiger partial charge is 0.310 e. The van der Waals surface area contributed by atoms with Crippen molar-refractivity contribution in [3.05, 3.63) is 62.9 Å². The summed E-state index contributed by atoms with van der Waals surface area (Å²) in [6, 6.07) is 6.39. The fraction of sp³-hybridized carbons (Fsp3) is 0. The summed E-state index contributed by atoms with van der Waals surface area (Å²) in [5.74, 6) is -0.822. The number of thiazole rings is 1. The van der Waals surface area contributed by atoms with E-state index in [-0.39, 0.29) is 22.2 Å². The Morgan fingerprint density at radius 1 is 1.19 bits per heavy atom. The monoisotopic (exact) mass is 391 g/mol. The summed E-state index contributed by atoms with van der Waals surface area (Å²) in [6.07, 6.45) is 2.66. The maximum absolute atomic E-state index is 12.2. The number of nitrogens with zero attached hydrogens (tertiary/aromatic N) is 4. The number of aromatic nitrogens is 3. The van der Waals surface area contributed by atoms with Crippen molar-refractivity contribution in [1.82, 2.24) is 20.4 Å². The van der Waals surface area contributed by atoms with Gasteiger partial charge in [0.05, 0.1) is 15.5 Å². The molecule has 0 saturated heterocycles. The van der Waals surface area contributed by atoms with Crippen LogP contribution in [-0.2, 0) is 0 Å². The lowest BCUT2D eigenvalue weighted by Crippen LogP contribution is -2.30. The minimum Gasteiger partial charge on any atom is -0.310 e. The lowest BCUT2D eigenvalue weighted by molar-refractivity contribution is -0.383. The van der Waals surface area contributed by atoms with Gasteiger partial charge in [0.1, 0.15) is 6.33 Å². The van der Waals surface area contributed by atoms with Crippen LogP contribution >= 0.6 is 22.9 Å². The Morgan fingerprint density at radius 2 is 1.96 bits per heavy atom. The Labute approximate surface area is 155 Å². The number of rotatable bonds is 6. The van der Waals surface area contributed by atoms with Gasteiger partial charge in [-0.05, 0) is 12.1 Å². The molecule has 3 N–H and O–H groups in total. The van der Waals surface area contributed by atoms with Crippen LogP contribution < -0.4 is 16.2 Å². The number of carbonyl (C=O) groups is 1. The number of nitro groups is 1. The molecule has 0 unspecified atom stereocenters. The van der Waals surface area contributed by atoms with E-state index >= 15 is 0 Å². The normalized spacial score (nSPS) is 10.2. The predicted molar refractivity (Wildman–Crippen MR) is 96.6 cm³/mol. The van der Waals surface area contributed by atoms with Gasteiger partial charge in [0, 0.05) is 11.6 Å². The van der Waals surface area contributed by atoms with Crippen molar-refractivity contribution in [2.75, 3.05) is 10.7 Å². The molecular formula is C14H10ClN7O3S. The van der Waals surface area contributed by atoms with Crippen molar-refractivity contribution in [3.63, 3.8) is 0 Å². The lowest BCUT2D eigenvalue weighted by atomic mass is 10.2. The van der Waals surface area contributed by atoms with Gasteiger partial charge in [-0.15, -0.1) is 11.3 Å². The average molecular weight is 392 g/mol. The molecule has 0 aliphatic carbocycles. The summed E-state index contributed by atoms with van der Waals surface area (Å²) in [6.45, 7) is 0. The van der Waals surface area contributed by atoms with Crippen molar-refractivity contribution in [2.45, 2.75) is 0 Å². The van der Waals surface area contributed by atoms with E-state index in [2.05, 4.69) is 31.1 Å². The summed E-state index contributed by atoms with van der Waals surface area (Å²) >= 11 is 7.20. The summed E-state index contributed by atoms with van der Waals surface area (Å²) in [7, 11) is 0. The maximum atomic E-state index is 12.2. The van der Waals surface area contributed by atoms with E-state index in [4.69, 9.17) is 11.6 Å². The van der Waals surface area contributed by atoms with E-state index in [1.165, 1.54) is 17.4 Å². The average Bonchev–Trinajstić information content (AvgIpc) is 3.13. The molecule has 0 fully saturated rings. The molecule has 3 aromatic rings. The van der Waals surface area contributed by atoms with Crippen LogP contribution in [0, 0.1) is 10.1 Å². The van der Waals surface area contributed by atoms with Crippen LogP contribution in [0.2, 0.25) is 5.02 Å². The third-order valence-corrected chi connectivity index (χ3v) is 4.09. The van der Waals surface area contributed by atoms with E-state index in [0.29, 0.717) is 5.13 Å². The molecule has 2 aromatic heterocycles. The zero-order valence-electron chi connectivity index (χ0n) is 12.8. The Kier molecular flexibility index (Phi) is 5.20. The fourth-order valence-corrected chi connectivity index (χ4v) is 2.70. The molecule has 1 aromatic carbocycles. The third kappa shape index (κ3) is 3.84. The number of anilines is 3. The van der Waals surface area contributed by atoms with E-state index < -0.39 is 16.5 Å². The fourth-order valence-electron chi connectivity index (χ4n) is 1.95. The first-order valence-corrected chi connectivity index (χ1v) is 8.29. The first-order chi connectivity index (χ1) is 12.6. The van der Waals surface area contributed by atoms with Crippen LogP contribution in [0.15, 0.2) is 42.2 Å². The molecule has 1 amide bonds. The van der Waals surface area contributed by atoms with Crippen LogP contribution in [-0.4, -0.2) is 25.8 Å². The van der Waals surface area contributed by atoms with Gasteiger partial charge in [0.25, 0.3) is 5.91 Å². The highest BCUT2D eigenvalue weighted by Crippen LogP contribution is 2.31. The molecule has 0 spiro atoms. The molecule has 132 valence electrons. The SMILES string of the molecule is O=C(NNc1ncnc(Nc2nccs2)c1[N+](=O)[O-])c1ccccc1Cl. The zero-order valence-corrected chi connectivity index (χ0v) is 14.4. The van der Waals surface area contributed by atoms with Gasteiger partial charge >= 0.3 is 5.69 Å². The lowest BCUT2D eigenvalue weighted by Gasteiger charge is -2.10. The topological polar surface area (TPSA) is 135 Å². The molecule has 12 heteroatoms. The second-order valence-electron chi connectivity index (χ2n) is 4.70. The number of hydrazine groups is 1. The molecule has 2 heterocycles. The van der Waals surface area contributed by atoms with Gasteiger partial charge < -0.3 is 5.32 Å². The largest absolute Gasteiger partial charge is 0.355 e. The number of hydrogen-bond acceptors (Lipinski definition) is 9. The van der Waals surface area contributed by atoms with E-state index in [9.17, 15) is 14.9 Å². The molecule has 0 aliphatic rings. The van der Waals surface area contributed by atoms with Crippen LogP contribution in [0.1, 0.15) is 10.4 Å². The minimum atomic E-state index is -0.667. The Balaban J connectivity index is 1.82. The van der Waals surface area contributed by atoms with Gasteiger partial charge in [0.2, 0.25) is 11.6 Å². The van der Waals surface area contributed by atoms with Gasteiger partial charge in [-0.2, -0.15) is 0 Å². The number of benzene rings is 1. The first-order valence-electron chi connectivity index (χ1n) is 7.03. The van der Waals surface area contributed by atoms with E-state index in [1.54, 1.807) is 29.8 Å². The van der Waals surface area contributed by atoms with Crippen molar-refractivity contribution in [2.24, 2.45) is 0 Å². The molecule has 10 nitrogen and oxygen atoms in total. The quantitative estimate of drug-likeness (QED) is 0.431. The van der Waals surface area contributed by atoms with Crippen molar-refractivity contribution >= 4 is 51.3 Å². The highest BCUT2D eigenvalue weighted by molar-refractivity contribution is 7.13. The molecule has 0 bridgehead atoms. The number of amides is 1. The summed E-state index contributed by atoms with van der Waals surface area (Å²) in [4.78, 5) is 34.6. The predicted octanol–water partition coefficient (Wildman–Crippen LogP) is 3.00. The second kappa shape index (κ2) is 7.72. The Bertz CT molecular complexity index is 951. The van der Waals surface area contributed by atoms with Crippen LogP contribution in [0.25, 0.3) is 0 Å². The van der Waals surface area contributed by atoms with E-state index in [0.717, 1.165) is 6.33 Å². The highest BCUT2D eigenvalue weighted by Gasteiger charge is 2.24. The Morgan fingerprint density at radius 3 is 2.65 bits per heavy atom. The Hall–Kier alpha value is -3.31. The van der Waals surface area contributed by atoms with E-state index in [1.807, 2.05) is 0 Å². The minimum absolute atomic E-state index is 0.0607. The van der Waals surface area contributed by atoms with Crippen LogP contribution in [0.3, 0.4) is 0 Å². The van der Waals surface area contributed by atoms with Gasteiger partial charge in [-0.1, -0.05) is 23.7 Å². The molecule has 0 saturated carbocycles. The molecule has 3 rings (SSSR count). The second-order valence-corrected chi connectivity index (χ2v) is 6.00. The van der Waals surface area contributed by atoms with Crippen molar-refractivity contribution in [3.8, 4) is 0 Å². The van der Waals surface area contributed by atoms with Crippen LogP contribution in [0.4, 0.5) is 22.5 Å². The molecule has 0 aliphatic heterocycles. The molecule has 0 radical (unpaired) electrons. The number of halogens is 1. The number of nitrogens with one attached hydrogen (secondary N) is 3.